The molecule has 2 N–H and O–H groups in total. The van der Waals surface area contributed by atoms with Gasteiger partial charge in [0.15, 0.2) is 11.5 Å². The van der Waals surface area contributed by atoms with Crippen molar-refractivity contribution < 1.29 is 14.3 Å². The third kappa shape index (κ3) is 4.45. The molecule has 4 rings (SSSR count). The fourth-order valence-corrected chi connectivity index (χ4v) is 3.48. The Bertz CT molecular complexity index is 1190. The van der Waals surface area contributed by atoms with Gasteiger partial charge in [-0.15, -0.1) is 0 Å². The lowest BCUT2D eigenvalue weighted by Crippen LogP contribution is -2.31. The first-order valence-corrected chi connectivity index (χ1v) is 9.97. The van der Waals surface area contributed by atoms with Crippen molar-refractivity contribution in [3.8, 4) is 22.9 Å². The molecule has 7 nitrogen and oxygen atoms in total. The summed E-state index contributed by atoms with van der Waals surface area (Å²) in [6, 6.07) is 23.0. The van der Waals surface area contributed by atoms with Gasteiger partial charge in [0.25, 0.3) is 0 Å². The Morgan fingerprint density at radius 1 is 0.935 bits per heavy atom. The normalized spacial score (nSPS) is 10.6. The number of benzene rings is 3. The number of amides is 2. The van der Waals surface area contributed by atoms with E-state index >= 15 is 0 Å². The molecule has 0 saturated heterocycles. The van der Waals surface area contributed by atoms with Gasteiger partial charge in [0, 0.05) is 30.4 Å². The number of carbonyl (C=O) groups is 1. The number of nitrogens with one attached hydrogen (secondary N) is 2. The lowest BCUT2D eigenvalue weighted by Gasteiger charge is -2.13. The van der Waals surface area contributed by atoms with Gasteiger partial charge in [0.05, 0.1) is 25.3 Å². The van der Waals surface area contributed by atoms with Gasteiger partial charge in [-0.05, 0) is 24.3 Å². The minimum Gasteiger partial charge on any atom is -0.493 e. The zero-order chi connectivity index (χ0) is 21.6. The van der Waals surface area contributed by atoms with E-state index < -0.39 is 0 Å². The molecule has 0 bridgehead atoms. The molecule has 0 fully saturated rings. The second kappa shape index (κ2) is 9.21. The zero-order valence-electron chi connectivity index (χ0n) is 17.5. The van der Waals surface area contributed by atoms with Crippen molar-refractivity contribution in [2.75, 3.05) is 26.1 Å². The minimum atomic E-state index is -0.294. The average molecular weight is 416 g/mol. The van der Waals surface area contributed by atoms with Crippen molar-refractivity contribution in [2.45, 2.75) is 6.54 Å². The monoisotopic (exact) mass is 416 g/mol. The van der Waals surface area contributed by atoms with Crippen LogP contribution in [0, 0.1) is 0 Å². The highest BCUT2D eigenvalue weighted by atomic mass is 16.5. The van der Waals surface area contributed by atoms with E-state index in [-0.39, 0.29) is 6.03 Å². The van der Waals surface area contributed by atoms with Crippen molar-refractivity contribution in [2.24, 2.45) is 0 Å². The molecular weight excluding hydrogens is 392 g/mol. The third-order valence-electron chi connectivity index (χ3n) is 4.95. The predicted molar refractivity (Wildman–Crippen MR) is 122 cm³/mol. The number of fused-ring (bicyclic) bond motifs is 1. The van der Waals surface area contributed by atoms with E-state index in [2.05, 4.69) is 15.2 Å². The standard InChI is InChI=1S/C24H24N4O3/c1-30-21-13-12-18(16-22(21)31-2)26-24(29)25-14-15-28-20-11-7-6-10-19(20)27-23(28)17-8-4-3-5-9-17/h3-13,16H,14-15H2,1-2H3,(H2,25,26,29). The van der Waals surface area contributed by atoms with Gasteiger partial charge in [0.1, 0.15) is 5.82 Å². The Labute approximate surface area is 180 Å². The molecular formula is C24H24N4O3. The fraction of sp³-hybridized carbons (Fsp3) is 0.167. The Balaban J connectivity index is 1.46. The third-order valence-corrected chi connectivity index (χ3v) is 4.95. The number of urea groups is 1. The maximum Gasteiger partial charge on any atom is 0.319 e. The highest BCUT2D eigenvalue weighted by Crippen LogP contribution is 2.29. The number of anilines is 1. The molecule has 3 aromatic carbocycles. The van der Waals surface area contributed by atoms with Crippen LogP contribution in [-0.4, -0.2) is 36.3 Å². The number of ether oxygens (including phenoxy) is 2. The molecule has 0 spiro atoms. The van der Waals surface area contributed by atoms with Crippen molar-refractivity contribution in [1.29, 1.82) is 0 Å². The molecule has 0 atom stereocenters. The van der Waals surface area contributed by atoms with Crippen LogP contribution in [0.25, 0.3) is 22.4 Å². The van der Waals surface area contributed by atoms with Gasteiger partial charge in [-0.25, -0.2) is 9.78 Å². The molecule has 0 saturated carbocycles. The van der Waals surface area contributed by atoms with Gasteiger partial charge in [-0.1, -0.05) is 42.5 Å². The number of para-hydroxylation sites is 2. The quantitative estimate of drug-likeness (QED) is 0.464. The summed E-state index contributed by atoms with van der Waals surface area (Å²) in [6.45, 7) is 1.03. The van der Waals surface area contributed by atoms with Crippen LogP contribution in [0.3, 0.4) is 0 Å². The Kier molecular flexibility index (Phi) is 6.03. The predicted octanol–water partition coefficient (Wildman–Crippen LogP) is 4.54. The molecule has 1 heterocycles. The Morgan fingerprint density at radius 2 is 1.68 bits per heavy atom. The molecule has 0 radical (unpaired) electrons. The number of hydrogen-bond donors (Lipinski definition) is 2. The summed E-state index contributed by atoms with van der Waals surface area (Å²) < 4.78 is 12.6. The number of aromatic nitrogens is 2. The molecule has 0 unspecified atom stereocenters. The summed E-state index contributed by atoms with van der Waals surface area (Å²) in [5.74, 6) is 2.04. The largest absolute Gasteiger partial charge is 0.493 e. The lowest BCUT2D eigenvalue weighted by atomic mass is 10.2. The van der Waals surface area contributed by atoms with Crippen molar-refractivity contribution >= 4 is 22.8 Å². The second-order valence-corrected chi connectivity index (χ2v) is 6.89. The first-order chi connectivity index (χ1) is 15.2. The van der Waals surface area contributed by atoms with Crippen LogP contribution in [0.15, 0.2) is 72.8 Å². The molecule has 0 aliphatic carbocycles. The van der Waals surface area contributed by atoms with Crippen LogP contribution in [0.2, 0.25) is 0 Å². The number of hydrogen-bond acceptors (Lipinski definition) is 4. The van der Waals surface area contributed by atoms with Gasteiger partial charge in [0.2, 0.25) is 0 Å². The van der Waals surface area contributed by atoms with E-state index in [9.17, 15) is 4.79 Å². The van der Waals surface area contributed by atoms with Crippen molar-refractivity contribution in [1.82, 2.24) is 14.9 Å². The summed E-state index contributed by atoms with van der Waals surface area (Å²) in [5, 5.41) is 5.73. The number of rotatable bonds is 7. The molecule has 0 aliphatic rings. The summed E-state index contributed by atoms with van der Waals surface area (Å²) in [6.07, 6.45) is 0. The van der Waals surface area contributed by atoms with Crippen molar-refractivity contribution in [3.05, 3.63) is 72.8 Å². The van der Waals surface area contributed by atoms with Gasteiger partial charge < -0.3 is 24.7 Å². The smallest absolute Gasteiger partial charge is 0.319 e. The molecule has 31 heavy (non-hydrogen) atoms. The fourth-order valence-electron chi connectivity index (χ4n) is 3.48. The van der Waals surface area contributed by atoms with Gasteiger partial charge >= 0.3 is 6.03 Å². The number of imidazole rings is 1. The van der Waals surface area contributed by atoms with Crippen LogP contribution in [-0.2, 0) is 6.54 Å². The zero-order valence-corrected chi connectivity index (χ0v) is 17.5. The molecule has 4 aromatic rings. The van der Waals surface area contributed by atoms with Crippen molar-refractivity contribution in [3.63, 3.8) is 0 Å². The molecule has 7 heteroatoms. The van der Waals surface area contributed by atoms with E-state index in [0.717, 1.165) is 22.4 Å². The van der Waals surface area contributed by atoms with Gasteiger partial charge in [-0.3, -0.25) is 0 Å². The SMILES string of the molecule is COc1ccc(NC(=O)NCCn2c(-c3ccccc3)nc3ccccc32)cc1OC. The minimum absolute atomic E-state index is 0.294. The summed E-state index contributed by atoms with van der Waals surface area (Å²) in [7, 11) is 3.13. The van der Waals surface area contributed by atoms with E-state index in [1.165, 1.54) is 0 Å². The molecule has 1 aromatic heterocycles. The Morgan fingerprint density at radius 3 is 2.45 bits per heavy atom. The van der Waals surface area contributed by atoms with Crippen LogP contribution < -0.4 is 20.1 Å². The first-order valence-electron chi connectivity index (χ1n) is 9.97. The summed E-state index contributed by atoms with van der Waals surface area (Å²) in [5.41, 5.74) is 3.61. The number of nitrogens with zero attached hydrogens (tertiary/aromatic N) is 2. The van der Waals surface area contributed by atoms with Crippen LogP contribution >= 0.6 is 0 Å². The molecule has 2 amide bonds. The maximum atomic E-state index is 12.4. The highest BCUT2D eigenvalue weighted by molar-refractivity contribution is 5.89. The Hall–Kier alpha value is -4.00. The maximum absolute atomic E-state index is 12.4. The molecule has 0 aliphatic heterocycles. The second-order valence-electron chi connectivity index (χ2n) is 6.89. The number of methoxy groups -OCH3 is 2. The van der Waals surface area contributed by atoms with Crippen LogP contribution in [0.5, 0.6) is 11.5 Å². The van der Waals surface area contributed by atoms with E-state index in [4.69, 9.17) is 14.5 Å². The first kappa shape index (κ1) is 20.3. The highest BCUT2D eigenvalue weighted by Gasteiger charge is 2.12. The average Bonchev–Trinajstić information content (AvgIpc) is 3.18. The van der Waals surface area contributed by atoms with Crippen LogP contribution in [0.4, 0.5) is 10.5 Å². The number of carbonyl (C=O) groups excluding carboxylic acids is 1. The van der Waals surface area contributed by atoms with E-state index in [1.807, 2.05) is 54.6 Å². The molecule has 158 valence electrons. The summed E-state index contributed by atoms with van der Waals surface area (Å²) in [4.78, 5) is 17.2. The van der Waals surface area contributed by atoms with E-state index in [1.54, 1.807) is 32.4 Å². The topological polar surface area (TPSA) is 77.4 Å². The summed E-state index contributed by atoms with van der Waals surface area (Å²) >= 11 is 0. The van der Waals surface area contributed by atoms with Gasteiger partial charge in [-0.2, -0.15) is 0 Å². The lowest BCUT2D eigenvalue weighted by molar-refractivity contribution is 0.251. The van der Waals surface area contributed by atoms with Crippen LogP contribution in [0.1, 0.15) is 0 Å². The van der Waals surface area contributed by atoms with E-state index in [0.29, 0.717) is 30.3 Å².